The molecule has 1 aromatic carbocycles. The SMILES string of the molecule is C/C=C1/C[N@@+]23CCc4c([nH]c5ccccc45)[C@@]2(C)[C@]1(O)CC3. The molecular formula is C19H23N2O+. The maximum Gasteiger partial charge on any atom is 0.171 e. The second-order valence-corrected chi connectivity index (χ2v) is 7.52. The van der Waals surface area contributed by atoms with Gasteiger partial charge in [-0.05, 0) is 25.5 Å². The molecule has 0 radical (unpaired) electrons. The van der Waals surface area contributed by atoms with E-state index in [4.69, 9.17) is 0 Å². The summed E-state index contributed by atoms with van der Waals surface area (Å²) in [6.07, 6.45) is 4.16. The van der Waals surface area contributed by atoms with Gasteiger partial charge in [0.2, 0.25) is 0 Å². The van der Waals surface area contributed by atoms with Gasteiger partial charge in [-0.2, -0.15) is 0 Å². The molecule has 2 fully saturated rings. The van der Waals surface area contributed by atoms with Crippen LogP contribution in [0.15, 0.2) is 35.9 Å². The molecule has 0 amide bonds. The van der Waals surface area contributed by atoms with Gasteiger partial charge in [0, 0.05) is 29.3 Å². The molecular weight excluding hydrogens is 272 g/mol. The van der Waals surface area contributed by atoms with Crippen molar-refractivity contribution in [1.29, 1.82) is 0 Å². The summed E-state index contributed by atoms with van der Waals surface area (Å²) in [6.45, 7) is 7.63. The molecule has 2 N–H and O–H groups in total. The summed E-state index contributed by atoms with van der Waals surface area (Å²) in [4.78, 5) is 3.69. The number of allylic oxidation sites excluding steroid dienone is 1. The highest BCUT2D eigenvalue weighted by atomic mass is 16.3. The Hall–Kier alpha value is -1.58. The maximum absolute atomic E-state index is 11.6. The fourth-order valence-electron chi connectivity index (χ4n) is 5.79. The number of hydrogen-bond donors (Lipinski definition) is 2. The zero-order chi connectivity index (χ0) is 15.2. The van der Waals surface area contributed by atoms with Crippen LogP contribution in [0.4, 0.5) is 0 Å². The van der Waals surface area contributed by atoms with Crippen LogP contribution in [0.1, 0.15) is 31.5 Å². The van der Waals surface area contributed by atoms with Crippen molar-refractivity contribution >= 4 is 10.9 Å². The Morgan fingerprint density at radius 2 is 2.09 bits per heavy atom. The van der Waals surface area contributed by atoms with E-state index >= 15 is 0 Å². The molecule has 3 aliphatic rings. The topological polar surface area (TPSA) is 36.0 Å². The van der Waals surface area contributed by atoms with E-state index < -0.39 is 5.60 Å². The monoisotopic (exact) mass is 295 g/mol. The Kier molecular flexibility index (Phi) is 2.15. The quantitative estimate of drug-likeness (QED) is 0.569. The van der Waals surface area contributed by atoms with Crippen molar-refractivity contribution in [3.8, 4) is 0 Å². The number of fused-ring (bicyclic) bond motifs is 3. The first-order valence-corrected chi connectivity index (χ1v) is 8.40. The number of piperidine rings is 1. The first kappa shape index (κ1) is 12.9. The molecule has 114 valence electrons. The Morgan fingerprint density at radius 1 is 1.27 bits per heavy atom. The summed E-state index contributed by atoms with van der Waals surface area (Å²) in [5.41, 5.74) is 4.28. The number of aromatic nitrogens is 1. The predicted molar refractivity (Wildman–Crippen MR) is 87.5 cm³/mol. The summed E-state index contributed by atoms with van der Waals surface area (Å²) in [6, 6.07) is 8.59. The minimum Gasteiger partial charge on any atom is -0.378 e. The Labute approximate surface area is 130 Å². The van der Waals surface area contributed by atoms with E-state index in [0.717, 1.165) is 37.0 Å². The smallest absolute Gasteiger partial charge is 0.171 e. The normalized spacial score (nSPS) is 41.1. The van der Waals surface area contributed by atoms with Gasteiger partial charge in [-0.15, -0.1) is 0 Å². The van der Waals surface area contributed by atoms with E-state index in [9.17, 15) is 5.11 Å². The van der Waals surface area contributed by atoms with E-state index in [-0.39, 0.29) is 5.54 Å². The third kappa shape index (κ3) is 1.10. The van der Waals surface area contributed by atoms with Crippen LogP contribution in [0.25, 0.3) is 10.9 Å². The number of hydrogen-bond acceptors (Lipinski definition) is 1. The lowest BCUT2D eigenvalue weighted by atomic mass is 9.74. The van der Waals surface area contributed by atoms with Gasteiger partial charge in [-0.3, -0.25) is 0 Å². The summed E-state index contributed by atoms with van der Waals surface area (Å²) in [7, 11) is 0. The fraction of sp³-hybridized carbons (Fsp3) is 0.474. The lowest BCUT2D eigenvalue weighted by Crippen LogP contribution is -2.61. The van der Waals surface area contributed by atoms with Crippen molar-refractivity contribution in [2.24, 2.45) is 0 Å². The van der Waals surface area contributed by atoms with Gasteiger partial charge < -0.3 is 14.6 Å². The van der Waals surface area contributed by atoms with Gasteiger partial charge in [0.05, 0.1) is 18.8 Å². The Bertz CT molecular complexity index is 835. The van der Waals surface area contributed by atoms with Crippen molar-refractivity contribution in [1.82, 2.24) is 4.98 Å². The zero-order valence-electron chi connectivity index (χ0n) is 13.3. The summed E-state index contributed by atoms with van der Waals surface area (Å²) < 4.78 is 1.03. The fourth-order valence-corrected chi connectivity index (χ4v) is 5.79. The van der Waals surface area contributed by atoms with Gasteiger partial charge in [-0.25, -0.2) is 0 Å². The van der Waals surface area contributed by atoms with Crippen LogP contribution in [-0.2, 0) is 12.0 Å². The number of H-pyrrole nitrogens is 1. The molecule has 3 atom stereocenters. The lowest BCUT2D eigenvalue weighted by molar-refractivity contribution is -0.962. The highest BCUT2D eigenvalue weighted by Gasteiger charge is 2.75. The van der Waals surface area contributed by atoms with Gasteiger partial charge in [0.1, 0.15) is 6.54 Å². The number of benzene rings is 1. The molecule has 3 aliphatic heterocycles. The molecule has 22 heavy (non-hydrogen) atoms. The second kappa shape index (κ2) is 3.66. The number of quaternary nitrogens is 1. The molecule has 0 aliphatic carbocycles. The highest BCUT2D eigenvalue weighted by molar-refractivity contribution is 5.85. The molecule has 3 heteroatoms. The predicted octanol–water partition coefficient (Wildman–Crippen LogP) is 2.85. The van der Waals surface area contributed by atoms with Crippen molar-refractivity contribution in [2.75, 3.05) is 19.6 Å². The number of aromatic amines is 1. The zero-order valence-corrected chi connectivity index (χ0v) is 13.3. The van der Waals surface area contributed by atoms with Crippen LogP contribution in [0, 0.1) is 0 Å². The lowest BCUT2D eigenvalue weighted by Gasteiger charge is -2.47. The summed E-state index contributed by atoms with van der Waals surface area (Å²) in [5.74, 6) is 0. The number of nitrogens with one attached hydrogen (secondary N) is 1. The Balaban J connectivity index is 1.86. The van der Waals surface area contributed by atoms with Crippen molar-refractivity contribution in [2.45, 2.75) is 37.8 Å². The van der Waals surface area contributed by atoms with Crippen LogP contribution in [0.5, 0.6) is 0 Å². The molecule has 3 nitrogen and oxygen atoms in total. The minimum absolute atomic E-state index is 0.221. The van der Waals surface area contributed by atoms with Gasteiger partial charge in [0.15, 0.2) is 11.1 Å². The van der Waals surface area contributed by atoms with E-state index in [0.29, 0.717) is 0 Å². The maximum atomic E-state index is 11.6. The number of rotatable bonds is 0. The van der Waals surface area contributed by atoms with Crippen LogP contribution >= 0.6 is 0 Å². The molecule has 5 rings (SSSR count). The Morgan fingerprint density at radius 3 is 2.91 bits per heavy atom. The largest absolute Gasteiger partial charge is 0.378 e. The van der Waals surface area contributed by atoms with E-state index in [1.54, 1.807) is 0 Å². The molecule has 2 aromatic rings. The van der Waals surface area contributed by atoms with Gasteiger partial charge in [-0.1, -0.05) is 24.3 Å². The average Bonchev–Trinajstić information content (AvgIpc) is 3.08. The molecule has 0 spiro atoms. The highest BCUT2D eigenvalue weighted by Crippen LogP contribution is 2.62. The third-order valence-electron chi connectivity index (χ3n) is 7.10. The summed E-state index contributed by atoms with van der Waals surface area (Å²) in [5, 5.41) is 13.0. The number of aliphatic hydroxyl groups is 1. The minimum atomic E-state index is -0.683. The first-order chi connectivity index (χ1) is 10.6. The van der Waals surface area contributed by atoms with E-state index in [1.807, 2.05) is 0 Å². The third-order valence-corrected chi connectivity index (χ3v) is 7.10. The molecule has 0 saturated carbocycles. The molecule has 0 unspecified atom stereocenters. The van der Waals surface area contributed by atoms with E-state index in [2.05, 4.69) is 49.2 Å². The number of nitrogens with zero attached hydrogens (tertiary/aromatic N) is 1. The van der Waals surface area contributed by atoms with Crippen molar-refractivity contribution in [3.05, 3.63) is 47.2 Å². The second-order valence-electron chi connectivity index (χ2n) is 7.52. The van der Waals surface area contributed by atoms with Crippen molar-refractivity contribution < 1.29 is 9.59 Å². The van der Waals surface area contributed by atoms with Gasteiger partial charge in [0.25, 0.3) is 0 Å². The summed E-state index contributed by atoms with van der Waals surface area (Å²) >= 11 is 0. The van der Waals surface area contributed by atoms with Crippen LogP contribution in [0.2, 0.25) is 0 Å². The average molecular weight is 295 g/mol. The van der Waals surface area contributed by atoms with Crippen molar-refractivity contribution in [3.63, 3.8) is 0 Å². The first-order valence-electron chi connectivity index (χ1n) is 8.40. The van der Waals surface area contributed by atoms with Crippen LogP contribution in [0.3, 0.4) is 0 Å². The standard InChI is InChI=1S/C19H23N2O/c1-3-13-12-21-10-8-15-14-6-4-5-7-16(14)20-17(15)18(21,2)19(13,22)9-11-21/h3-7,20,22H,8-12H2,1-2H3/q+1/b13-3-/t18-,19-,21-/m0/s1. The molecule has 1 aromatic heterocycles. The van der Waals surface area contributed by atoms with Gasteiger partial charge >= 0.3 is 0 Å². The van der Waals surface area contributed by atoms with Crippen LogP contribution in [-0.4, -0.2) is 39.8 Å². The van der Waals surface area contributed by atoms with E-state index in [1.165, 1.54) is 27.7 Å². The van der Waals surface area contributed by atoms with Crippen LogP contribution < -0.4 is 0 Å². The molecule has 4 heterocycles. The number of para-hydroxylation sites is 1. The molecule has 2 saturated heterocycles. The molecule has 2 bridgehead atoms.